The lowest BCUT2D eigenvalue weighted by Crippen LogP contribution is -2.30. The van der Waals surface area contributed by atoms with Crippen molar-refractivity contribution >= 4 is 54.6 Å². The Morgan fingerprint density at radius 2 is 1.20 bits per heavy atom. The van der Waals surface area contributed by atoms with Crippen molar-refractivity contribution in [3.8, 4) is 33.9 Å². The van der Waals surface area contributed by atoms with Gasteiger partial charge < -0.3 is 8.83 Å². The Kier molecular flexibility index (Phi) is 6.98. The molecule has 3 aromatic heterocycles. The third-order valence-corrected chi connectivity index (χ3v) is 11.3. The molecule has 0 radical (unpaired) electrons. The van der Waals surface area contributed by atoms with Gasteiger partial charge in [-0.3, -0.25) is 0 Å². The van der Waals surface area contributed by atoms with E-state index in [1.54, 1.807) is 0 Å². The quantitative estimate of drug-likeness (QED) is 0.178. The molecule has 1 aliphatic rings. The molecule has 0 N–H and O–H groups in total. The summed E-state index contributed by atoms with van der Waals surface area (Å²) >= 11 is 0. The van der Waals surface area contributed by atoms with Crippen LogP contribution in [0.25, 0.3) is 88.6 Å². The van der Waals surface area contributed by atoms with Gasteiger partial charge in [-0.05, 0) is 63.9 Å². The first-order valence-corrected chi connectivity index (χ1v) is 18.6. The van der Waals surface area contributed by atoms with Gasteiger partial charge in [-0.1, -0.05) is 146 Å². The van der Waals surface area contributed by atoms with Crippen molar-refractivity contribution in [1.29, 1.82) is 0 Å². The average Bonchev–Trinajstić information content (AvgIpc) is 3.82. The summed E-state index contributed by atoms with van der Waals surface area (Å²) in [6, 6.07) is 52.4. The second-order valence-corrected chi connectivity index (χ2v) is 14.5. The molecular formula is C50H33N3O2. The molecule has 10 aromatic rings. The molecule has 0 amide bonds. The molecule has 3 heterocycles. The van der Waals surface area contributed by atoms with Gasteiger partial charge in [0.25, 0.3) is 0 Å². The van der Waals surface area contributed by atoms with E-state index >= 15 is 0 Å². The Hall–Kier alpha value is -7.11. The van der Waals surface area contributed by atoms with E-state index in [2.05, 4.69) is 146 Å². The molecule has 260 valence electrons. The van der Waals surface area contributed by atoms with Gasteiger partial charge in [0.2, 0.25) is 0 Å². The number of fused-ring (bicyclic) bond motifs is 7. The number of para-hydroxylation sites is 1. The number of aromatic nitrogens is 3. The van der Waals surface area contributed by atoms with Crippen LogP contribution in [0.3, 0.4) is 0 Å². The largest absolute Gasteiger partial charge is 0.456 e. The van der Waals surface area contributed by atoms with E-state index in [0.717, 1.165) is 77.1 Å². The average molecular weight is 708 g/mol. The van der Waals surface area contributed by atoms with Crippen LogP contribution in [0.15, 0.2) is 185 Å². The van der Waals surface area contributed by atoms with E-state index in [1.807, 2.05) is 36.4 Å². The Labute approximate surface area is 316 Å². The Morgan fingerprint density at radius 3 is 2.11 bits per heavy atom. The first kappa shape index (κ1) is 31.4. The van der Waals surface area contributed by atoms with Crippen LogP contribution in [0.1, 0.15) is 24.2 Å². The molecule has 5 nitrogen and oxygen atoms in total. The van der Waals surface area contributed by atoms with Gasteiger partial charge in [-0.15, -0.1) is 0 Å². The molecule has 0 bridgehead atoms. The molecule has 2 atom stereocenters. The first-order valence-electron chi connectivity index (χ1n) is 18.6. The maximum atomic E-state index is 6.60. The highest BCUT2D eigenvalue weighted by Crippen LogP contribution is 2.48. The third-order valence-electron chi connectivity index (χ3n) is 11.3. The lowest BCUT2D eigenvalue weighted by atomic mass is 9.68. The first-order chi connectivity index (χ1) is 27.1. The van der Waals surface area contributed by atoms with Gasteiger partial charge in [0.15, 0.2) is 11.6 Å². The summed E-state index contributed by atoms with van der Waals surface area (Å²) < 4.78 is 12.9. The van der Waals surface area contributed by atoms with E-state index in [9.17, 15) is 0 Å². The van der Waals surface area contributed by atoms with Crippen LogP contribution >= 0.6 is 0 Å². The van der Waals surface area contributed by atoms with E-state index < -0.39 is 5.41 Å². The zero-order chi connectivity index (χ0) is 36.5. The minimum atomic E-state index is -0.531. The van der Waals surface area contributed by atoms with Gasteiger partial charge in [-0.2, -0.15) is 0 Å². The third kappa shape index (κ3) is 5.04. The van der Waals surface area contributed by atoms with Crippen LogP contribution in [0.2, 0.25) is 0 Å². The zero-order valence-corrected chi connectivity index (χ0v) is 30.0. The topological polar surface area (TPSA) is 65.0 Å². The molecule has 7 aromatic carbocycles. The summed E-state index contributed by atoms with van der Waals surface area (Å²) in [5, 5.41) is 6.50. The van der Waals surface area contributed by atoms with Crippen LogP contribution in [0.5, 0.6) is 0 Å². The fourth-order valence-corrected chi connectivity index (χ4v) is 8.50. The summed E-state index contributed by atoms with van der Waals surface area (Å²) in [7, 11) is 0. The number of rotatable bonds is 5. The van der Waals surface area contributed by atoms with Crippen LogP contribution in [-0.4, -0.2) is 15.0 Å². The highest BCUT2D eigenvalue weighted by molar-refractivity contribution is 6.12. The molecule has 0 aliphatic heterocycles. The van der Waals surface area contributed by atoms with E-state index in [1.165, 1.54) is 5.39 Å². The smallest absolute Gasteiger partial charge is 0.164 e. The minimum Gasteiger partial charge on any atom is -0.456 e. The predicted octanol–water partition coefficient (Wildman–Crippen LogP) is 13.0. The van der Waals surface area contributed by atoms with Gasteiger partial charge in [0.1, 0.15) is 28.2 Å². The maximum Gasteiger partial charge on any atom is 0.164 e. The summed E-state index contributed by atoms with van der Waals surface area (Å²) in [4.78, 5) is 15.9. The maximum absolute atomic E-state index is 6.60. The van der Waals surface area contributed by atoms with Gasteiger partial charge in [0.05, 0.1) is 5.92 Å². The standard InChI is InChI=1S/C50H33N3O2/c1-50(39-20-12-23-43-46(39)37-27-26-34(30-44(37)55-43)31-13-3-2-4-14-31)28-10-9-19-40(50)49-52-47(35-25-24-32-15-5-6-16-33(32)29-35)51-48(53-49)38-18-11-22-42-45(38)36-17-7-8-21-41(36)54-42/h2-30,40H,1H3. The van der Waals surface area contributed by atoms with Crippen molar-refractivity contribution in [3.63, 3.8) is 0 Å². The highest BCUT2D eigenvalue weighted by atomic mass is 16.3. The zero-order valence-electron chi connectivity index (χ0n) is 30.0. The van der Waals surface area contributed by atoms with Crippen molar-refractivity contribution in [2.45, 2.75) is 18.3 Å². The van der Waals surface area contributed by atoms with Gasteiger partial charge >= 0.3 is 0 Å². The van der Waals surface area contributed by atoms with E-state index in [0.29, 0.717) is 17.5 Å². The molecule has 5 heteroatoms. The Morgan fingerprint density at radius 1 is 0.491 bits per heavy atom. The van der Waals surface area contributed by atoms with Crippen LogP contribution < -0.4 is 0 Å². The van der Waals surface area contributed by atoms with Gasteiger partial charge in [0, 0.05) is 38.1 Å². The van der Waals surface area contributed by atoms with E-state index in [-0.39, 0.29) is 5.92 Å². The molecule has 1 aliphatic carbocycles. The molecular weight excluding hydrogens is 675 g/mol. The van der Waals surface area contributed by atoms with Crippen molar-refractivity contribution in [1.82, 2.24) is 15.0 Å². The van der Waals surface area contributed by atoms with Crippen molar-refractivity contribution in [2.24, 2.45) is 0 Å². The number of benzene rings is 7. The van der Waals surface area contributed by atoms with Crippen molar-refractivity contribution < 1.29 is 8.83 Å². The minimum absolute atomic E-state index is 0.224. The van der Waals surface area contributed by atoms with Crippen molar-refractivity contribution in [2.75, 3.05) is 0 Å². The Balaban J connectivity index is 1.12. The summed E-state index contributed by atoms with van der Waals surface area (Å²) in [6.07, 6.45) is 8.75. The Bertz CT molecular complexity index is 3190. The number of nitrogens with zero attached hydrogens (tertiary/aromatic N) is 3. The van der Waals surface area contributed by atoms with Crippen LogP contribution in [0.4, 0.5) is 0 Å². The fraction of sp³-hybridized carbons (Fsp3) is 0.0600. The molecule has 0 saturated carbocycles. The SMILES string of the molecule is CC1(c2cccc3oc4cc(-c5ccccc5)ccc4c23)C=CC=CC1c1nc(-c2ccc3ccccc3c2)nc(-c2cccc3oc4ccccc4c23)n1. The monoisotopic (exact) mass is 707 g/mol. The van der Waals surface area contributed by atoms with Crippen LogP contribution in [0, 0.1) is 0 Å². The predicted molar refractivity (Wildman–Crippen MR) is 223 cm³/mol. The number of hydrogen-bond donors (Lipinski definition) is 0. The van der Waals surface area contributed by atoms with Crippen LogP contribution in [-0.2, 0) is 5.41 Å². The molecule has 0 spiro atoms. The molecule has 11 rings (SSSR count). The van der Waals surface area contributed by atoms with Crippen molar-refractivity contribution in [3.05, 3.63) is 187 Å². The molecule has 0 saturated heterocycles. The molecule has 55 heavy (non-hydrogen) atoms. The molecule has 2 unspecified atom stereocenters. The van der Waals surface area contributed by atoms with E-state index in [4.69, 9.17) is 23.8 Å². The highest BCUT2D eigenvalue weighted by Gasteiger charge is 2.39. The summed E-state index contributed by atoms with van der Waals surface area (Å²) in [6.45, 7) is 2.28. The number of allylic oxidation sites excluding steroid dienone is 4. The second kappa shape index (κ2) is 12.2. The summed E-state index contributed by atoms with van der Waals surface area (Å²) in [5.41, 5.74) is 8.08. The normalized spacial score (nSPS) is 16.9. The fourth-order valence-electron chi connectivity index (χ4n) is 8.50. The lowest BCUT2D eigenvalue weighted by molar-refractivity contribution is 0.507. The number of furan rings is 2. The molecule has 0 fully saturated rings. The second-order valence-electron chi connectivity index (χ2n) is 14.5. The lowest BCUT2D eigenvalue weighted by Gasteiger charge is -2.35. The van der Waals surface area contributed by atoms with Gasteiger partial charge in [-0.25, -0.2) is 15.0 Å². The number of hydrogen-bond acceptors (Lipinski definition) is 5. The summed E-state index contributed by atoms with van der Waals surface area (Å²) in [5.74, 6) is 1.70.